The highest BCUT2D eigenvalue weighted by molar-refractivity contribution is 5.86. The van der Waals surface area contributed by atoms with Gasteiger partial charge < -0.3 is 0 Å². The van der Waals surface area contributed by atoms with Crippen LogP contribution in [0, 0.1) is 6.92 Å². The fraction of sp³-hybridized carbons (Fsp3) is 0.389. The second kappa shape index (κ2) is 5.75. The average molecular weight is 252 g/mol. The first-order valence-electron chi connectivity index (χ1n) is 7.41. The lowest BCUT2D eigenvalue weighted by Crippen LogP contribution is -2.33. The van der Waals surface area contributed by atoms with E-state index < -0.39 is 0 Å². The highest BCUT2D eigenvalue weighted by Crippen LogP contribution is 2.32. The van der Waals surface area contributed by atoms with E-state index in [0.717, 1.165) is 6.42 Å². The molecular formula is C18H22N. The number of hydrogen-bond acceptors (Lipinski definition) is 1. The normalized spacial score (nSPS) is 18.6. The summed E-state index contributed by atoms with van der Waals surface area (Å²) in [6.45, 7) is 6.65. The van der Waals surface area contributed by atoms with E-state index in [1.807, 2.05) is 0 Å². The third kappa shape index (κ3) is 2.52. The second-order valence-electron chi connectivity index (χ2n) is 5.47. The molecule has 1 radical (unpaired) electrons. The lowest BCUT2D eigenvalue weighted by Gasteiger charge is -2.35. The predicted octanol–water partition coefficient (Wildman–Crippen LogP) is 4.59. The van der Waals surface area contributed by atoms with E-state index in [2.05, 4.69) is 54.3 Å². The van der Waals surface area contributed by atoms with Gasteiger partial charge in [-0.3, -0.25) is 4.90 Å². The molecule has 0 aliphatic carbocycles. The van der Waals surface area contributed by atoms with Crippen LogP contribution in [-0.4, -0.2) is 18.0 Å². The van der Waals surface area contributed by atoms with Crippen LogP contribution < -0.4 is 0 Å². The summed E-state index contributed by atoms with van der Waals surface area (Å²) in [6.07, 6.45) is 5.01. The van der Waals surface area contributed by atoms with Crippen LogP contribution in [0.5, 0.6) is 0 Å². The molecule has 1 heteroatoms. The first kappa shape index (κ1) is 12.7. The molecular weight excluding hydrogens is 230 g/mol. The fourth-order valence-electron chi connectivity index (χ4n) is 3.31. The number of likely N-dealkylation sites (tertiary alicyclic amines) is 1. The van der Waals surface area contributed by atoms with Gasteiger partial charge >= 0.3 is 0 Å². The van der Waals surface area contributed by atoms with Crippen molar-refractivity contribution in [1.29, 1.82) is 0 Å². The van der Waals surface area contributed by atoms with Crippen molar-refractivity contribution in [2.24, 2.45) is 0 Å². The number of piperidine rings is 1. The Kier molecular flexibility index (Phi) is 3.84. The Labute approximate surface area is 116 Å². The van der Waals surface area contributed by atoms with Gasteiger partial charge in [0.05, 0.1) is 0 Å². The van der Waals surface area contributed by atoms with Crippen LogP contribution in [0.25, 0.3) is 10.8 Å². The molecule has 0 bridgehead atoms. The molecule has 1 aliphatic heterocycles. The minimum Gasteiger partial charge on any atom is -0.296 e. The molecule has 1 unspecified atom stereocenters. The number of benzene rings is 2. The summed E-state index contributed by atoms with van der Waals surface area (Å²) < 4.78 is 0. The maximum Gasteiger partial charge on any atom is 0.0354 e. The maximum absolute atomic E-state index is 4.20. The second-order valence-corrected chi connectivity index (χ2v) is 5.47. The summed E-state index contributed by atoms with van der Waals surface area (Å²) in [6, 6.07) is 15.9. The minimum absolute atomic E-state index is 0.478. The van der Waals surface area contributed by atoms with E-state index in [0.29, 0.717) is 6.04 Å². The van der Waals surface area contributed by atoms with Gasteiger partial charge in [0.15, 0.2) is 0 Å². The predicted molar refractivity (Wildman–Crippen MR) is 82.1 cm³/mol. The summed E-state index contributed by atoms with van der Waals surface area (Å²) in [5.74, 6) is 0. The molecule has 0 spiro atoms. The first-order chi connectivity index (χ1) is 9.40. The van der Waals surface area contributed by atoms with Crippen molar-refractivity contribution < 1.29 is 0 Å². The smallest absolute Gasteiger partial charge is 0.0354 e. The van der Waals surface area contributed by atoms with Gasteiger partial charge in [0.25, 0.3) is 0 Å². The molecule has 19 heavy (non-hydrogen) atoms. The van der Waals surface area contributed by atoms with E-state index in [1.54, 1.807) is 0 Å². The zero-order valence-corrected chi connectivity index (χ0v) is 11.5. The maximum atomic E-state index is 4.20. The largest absolute Gasteiger partial charge is 0.296 e. The summed E-state index contributed by atoms with van der Waals surface area (Å²) in [4.78, 5) is 2.62. The van der Waals surface area contributed by atoms with Crippen LogP contribution in [0.3, 0.4) is 0 Å². The Morgan fingerprint density at radius 2 is 1.68 bits per heavy atom. The van der Waals surface area contributed by atoms with Crippen molar-refractivity contribution in [1.82, 2.24) is 4.90 Å². The number of nitrogens with zero attached hydrogens (tertiary/aromatic N) is 1. The summed E-state index contributed by atoms with van der Waals surface area (Å²) >= 11 is 0. The van der Waals surface area contributed by atoms with Crippen molar-refractivity contribution in [3.05, 3.63) is 55.0 Å². The quantitative estimate of drug-likeness (QED) is 0.772. The molecule has 99 valence electrons. The summed E-state index contributed by atoms with van der Waals surface area (Å²) in [7, 11) is 0. The molecule has 1 saturated heterocycles. The van der Waals surface area contributed by atoms with Crippen LogP contribution in [0.1, 0.15) is 37.3 Å². The first-order valence-corrected chi connectivity index (χ1v) is 7.41. The van der Waals surface area contributed by atoms with E-state index in [4.69, 9.17) is 0 Å². The van der Waals surface area contributed by atoms with Crippen molar-refractivity contribution in [3.8, 4) is 0 Å². The molecule has 3 rings (SSSR count). The van der Waals surface area contributed by atoms with Gasteiger partial charge in [-0.2, -0.15) is 0 Å². The van der Waals surface area contributed by atoms with Gasteiger partial charge in [-0.25, -0.2) is 0 Å². The van der Waals surface area contributed by atoms with E-state index in [-0.39, 0.29) is 0 Å². The number of rotatable bonds is 3. The average Bonchev–Trinajstić information content (AvgIpc) is 2.49. The van der Waals surface area contributed by atoms with E-state index in [9.17, 15) is 0 Å². The van der Waals surface area contributed by atoms with Gasteiger partial charge in [-0.1, -0.05) is 55.8 Å². The van der Waals surface area contributed by atoms with Crippen LogP contribution >= 0.6 is 0 Å². The Morgan fingerprint density at radius 1 is 0.947 bits per heavy atom. The molecule has 1 fully saturated rings. The van der Waals surface area contributed by atoms with Crippen molar-refractivity contribution >= 4 is 10.8 Å². The molecule has 1 heterocycles. The zero-order valence-electron chi connectivity index (χ0n) is 11.5. The molecule has 0 saturated carbocycles. The topological polar surface area (TPSA) is 3.24 Å². The molecule has 1 nitrogen and oxygen atoms in total. The van der Waals surface area contributed by atoms with Gasteiger partial charge in [0, 0.05) is 6.04 Å². The fourth-order valence-corrected chi connectivity index (χ4v) is 3.31. The molecule has 2 aromatic rings. The standard InChI is InChI=1S/C18H22N/c1-2-18(19-13-6-3-7-14-19)17-12-8-10-15-9-4-5-11-16(15)17/h4-5,8-12,18H,1-3,6-7,13-14H2. The Hall–Kier alpha value is -1.34. The Morgan fingerprint density at radius 3 is 2.47 bits per heavy atom. The summed E-state index contributed by atoms with van der Waals surface area (Å²) in [5, 5.41) is 2.74. The highest BCUT2D eigenvalue weighted by Gasteiger charge is 2.21. The van der Waals surface area contributed by atoms with E-state index >= 15 is 0 Å². The van der Waals surface area contributed by atoms with Crippen molar-refractivity contribution in [2.45, 2.75) is 31.7 Å². The molecule has 2 aromatic carbocycles. The third-order valence-electron chi connectivity index (χ3n) is 4.29. The van der Waals surface area contributed by atoms with Crippen LogP contribution in [0.15, 0.2) is 42.5 Å². The lowest BCUT2D eigenvalue weighted by atomic mass is 9.94. The Balaban J connectivity index is 2.00. The highest BCUT2D eigenvalue weighted by atomic mass is 15.2. The minimum atomic E-state index is 0.478. The molecule has 1 atom stereocenters. The molecule has 0 N–H and O–H groups in total. The number of fused-ring (bicyclic) bond motifs is 1. The van der Waals surface area contributed by atoms with Gasteiger partial charge in [-0.05, 0) is 48.7 Å². The lowest BCUT2D eigenvalue weighted by molar-refractivity contribution is 0.165. The van der Waals surface area contributed by atoms with Crippen LogP contribution in [-0.2, 0) is 0 Å². The van der Waals surface area contributed by atoms with Gasteiger partial charge in [0.1, 0.15) is 0 Å². The van der Waals surface area contributed by atoms with Gasteiger partial charge in [0.2, 0.25) is 0 Å². The van der Waals surface area contributed by atoms with Crippen molar-refractivity contribution in [3.63, 3.8) is 0 Å². The van der Waals surface area contributed by atoms with Crippen molar-refractivity contribution in [2.75, 3.05) is 13.1 Å². The Bertz CT molecular complexity index is 535. The SMILES string of the molecule is [CH2]CC(c1cccc2ccccc12)N1CCCCC1. The molecule has 0 amide bonds. The zero-order chi connectivity index (χ0) is 13.1. The monoisotopic (exact) mass is 252 g/mol. The van der Waals surface area contributed by atoms with Crippen LogP contribution in [0.2, 0.25) is 0 Å². The summed E-state index contributed by atoms with van der Waals surface area (Å²) in [5.41, 5.74) is 1.45. The van der Waals surface area contributed by atoms with Gasteiger partial charge in [-0.15, -0.1) is 0 Å². The molecule has 0 aromatic heterocycles. The molecule has 1 aliphatic rings. The third-order valence-corrected chi connectivity index (χ3v) is 4.29. The van der Waals surface area contributed by atoms with Crippen LogP contribution in [0.4, 0.5) is 0 Å². The number of hydrogen-bond donors (Lipinski definition) is 0. The van der Waals surface area contributed by atoms with E-state index in [1.165, 1.54) is 48.7 Å².